The van der Waals surface area contributed by atoms with Gasteiger partial charge in [-0.3, -0.25) is 9.13 Å². The van der Waals surface area contributed by atoms with Gasteiger partial charge in [0.15, 0.2) is 0 Å². The van der Waals surface area contributed by atoms with Crippen LogP contribution in [0.15, 0.2) is 4.79 Å². The fraction of sp³-hybridized carbons (Fsp3) is 0.700. The Morgan fingerprint density at radius 1 is 1.27 bits per heavy atom. The number of imidazole rings is 1. The molecule has 1 fully saturated rings. The van der Waals surface area contributed by atoms with Gasteiger partial charge < -0.3 is 5.32 Å². The first-order valence-corrected chi connectivity index (χ1v) is 5.62. The highest BCUT2D eigenvalue weighted by Gasteiger charge is 2.23. The Balaban J connectivity index is 2.42. The predicted octanol–water partition coefficient (Wildman–Crippen LogP) is 0.844. The summed E-state index contributed by atoms with van der Waals surface area (Å²) in [5, 5.41) is 3.90. The highest BCUT2D eigenvalue weighted by molar-refractivity contribution is 6.30. The van der Waals surface area contributed by atoms with E-state index < -0.39 is 0 Å². The Bertz CT molecular complexity index is 415. The number of hydrogen-bond acceptors (Lipinski definition) is 2. The molecule has 0 radical (unpaired) electrons. The zero-order chi connectivity index (χ0) is 11.0. The molecule has 1 aliphatic rings. The van der Waals surface area contributed by atoms with Crippen LogP contribution in [0.1, 0.15) is 24.5 Å². The van der Waals surface area contributed by atoms with E-state index in [0.717, 1.165) is 31.6 Å². The van der Waals surface area contributed by atoms with Crippen molar-refractivity contribution in [2.24, 2.45) is 14.1 Å². The van der Waals surface area contributed by atoms with Gasteiger partial charge in [-0.15, -0.1) is 0 Å². The minimum atomic E-state index is -0.0338. The Kier molecular flexibility index (Phi) is 2.89. The van der Waals surface area contributed by atoms with Crippen LogP contribution in [0.2, 0.25) is 5.15 Å². The monoisotopic (exact) mass is 229 g/mol. The summed E-state index contributed by atoms with van der Waals surface area (Å²) in [7, 11) is 3.51. The van der Waals surface area contributed by atoms with Crippen LogP contribution in [0.3, 0.4) is 0 Å². The maximum absolute atomic E-state index is 11.7. The van der Waals surface area contributed by atoms with Crippen LogP contribution >= 0.6 is 11.6 Å². The number of rotatable bonds is 1. The van der Waals surface area contributed by atoms with Crippen LogP contribution in [0.5, 0.6) is 0 Å². The van der Waals surface area contributed by atoms with Gasteiger partial charge in [-0.1, -0.05) is 11.6 Å². The normalized spacial score (nSPS) is 18.3. The van der Waals surface area contributed by atoms with E-state index >= 15 is 0 Å². The SMILES string of the molecule is Cn1c(Cl)c(C2CCNCC2)n(C)c1=O. The van der Waals surface area contributed by atoms with Crippen LogP contribution in [0.4, 0.5) is 0 Å². The second-order valence-corrected chi connectivity index (χ2v) is 4.46. The van der Waals surface area contributed by atoms with Gasteiger partial charge >= 0.3 is 5.69 Å². The molecule has 0 bridgehead atoms. The molecule has 5 heteroatoms. The zero-order valence-corrected chi connectivity index (χ0v) is 9.84. The van der Waals surface area contributed by atoms with Gasteiger partial charge in [0.05, 0.1) is 5.69 Å². The van der Waals surface area contributed by atoms with E-state index in [4.69, 9.17) is 11.6 Å². The van der Waals surface area contributed by atoms with Crippen LogP contribution in [0.25, 0.3) is 0 Å². The van der Waals surface area contributed by atoms with Gasteiger partial charge in [-0.2, -0.15) is 0 Å². The third-order valence-electron chi connectivity index (χ3n) is 3.17. The summed E-state index contributed by atoms with van der Waals surface area (Å²) in [6.07, 6.45) is 2.11. The number of halogens is 1. The summed E-state index contributed by atoms with van der Waals surface area (Å²) >= 11 is 6.17. The van der Waals surface area contributed by atoms with Gasteiger partial charge in [0, 0.05) is 20.0 Å². The number of nitrogens with one attached hydrogen (secondary N) is 1. The van der Waals surface area contributed by atoms with E-state index in [1.54, 1.807) is 18.7 Å². The number of aromatic nitrogens is 2. The van der Waals surface area contributed by atoms with Crippen LogP contribution in [-0.4, -0.2) is 22.2 Å². The van der Waals surface area contributed by atoms with E-state index in [9.17, 15) is 4.79 Å². The molecule has 0 saturated carbocycles. The van der Waals surface area contributed by atoms with Crippen LogP contribution < -0.4 is 11.0 Å². The van der Waals surface area contributed by atoms with E-state index in [-0.39, 0.29) is 5.69 Å². The molecule has 0 aliphatic carbocycles. The van der Waals surface area contributed by atoms with Gasteiger partial charge in [-0.05, 0) is 25.9 Å². The average Bonchev–Trinajstić information content (AvgIpc) is 2.45. The molecular weight excluding hydrogens is 214 g/mol. The van der Waals surface area contributed by atoms with Crippen molar-refractivity contribution in [1.29, 1.82) is 0 Å². The quantitative estimate of drug-likeness (QED) is 0.776. The highest BCUT2D eigenvalue weighted by atomic mass is 35.5. The predicted molar refractivity (Wildman–Crippen MR) is 60.5 cm³/mol. The van der Waals surface area contributed by atoms with Crippen molar-refractivity contribution in [3.05, 3.63) is 21.3 Å². The highest BCUT2D eigenvalue weighted by Crippen LogP contribution is 2.29. The standard InChI is InChI=1S/C10H16ClN3O/c1-13-8(7-3-5-12-6-4-7)9(11)14(2)10(13)15/h7,12H,3-6H2,1-2H3. The first kappa shape index (κ1) is 10.8. The first-order chi connectivity index (χ1) is 7.13. The molecule has 84 valence electrons. The van der Waals surface area contributed by atoms with Gasteiger partial charge in [0.1, 0.15) is 5.15 Å². The lowest BCUT2D eigenvalue weighted by Gasteiger charge is -2.23. The maximum atomic E-state index is 11.7. The molecule has 2 rings (SSSR count). The molecule has 1 aromatic rings. The van der Waals surface area contributed by atoms with Gasteiger partial charge in [0.2, 0.25) is 0 Å². The van der Waals surface area contributed by atoms with Crippen molar-refractivity contribution in [2.75, 3.05) is 13.1 Å². The van der Waals surface area contributed by atoms with Crippen molar-refractivity contribution < 1.29 is 0 Å². The van der Waals surface area contributed by atoms with Crippen molar-refractivity contribution in [2.45, 2.75) is 18.8 Å². The number of piperidine rings is 1. The second kappa shape index (κ2) is 4.02. The van der Waals surface area contributed by atoms with Gasteiger partial charge in [0.25, 0.3) is 0 Å². The average molecular weight is 230 g/mol. The molecule has 4 nitrogen and oxygen atoms in total. The van der Waals surface area contributed by atoms with E-state index in [2.05, 4.69) is 5.32 Å². The molecule has 1 aromatic heterocycles. The molecule has 1 aliphatic heterocycles. The fourth-order valence-electron chi connectivity index (χ4n) is 2.26. The largest absolute Gasteiger partial charge is 0.329 e. The molecule has 0 atom stereocenters. The summed E-state index contributed by atoms with van der Waals surface area (Å²) in [5.74, 6) is 0.414. The molecule has 0 amide bonds. The Morgan fingerprint density at radius 2 is 1.87 bits per heavy atom. The van der Waals surface area contributed by atoms with Crippen molar-refractivity contribution in [3.8, 4) is 0 Å². The van der Waals surface area contributed by atoms with E-state index in [1.807, 2.05) is 0 Å². The van der Waals surface area contributed by atoms with Crippen LogP contribution in [-0.2, 0) is 14.1 Å². The molecule has 15 heavy (non-hydrogen) atoms. The first-order valence-electron chi connectivity index (χ1n) is 5.24. The smallest absolute Gasteiger partial charge is 0.317 e. The lowest BCUT2D eigenvalue weighted by Crippen LogP contribution is -2.28. The lowest BCUT2D eigenvalue weighted by atomic mass is 9.95. The number of hydrogen-bond donors (Lipinski definition) is 1. The van der Waals surface area contributed by atoms with E-state index in [0.29, 0.717) is 11.1 Å². The summed E-state index contributed by atoms with van der Waals surface area (Å²) in [6.45, 7) is 2.01. The van der Waals surface area contributed by atoms with Gasteiger partial charge in [-0.25, -0.2) is 4.79 Å². The minimum absolute atomic E-state index is 0.0338. The topological polar surface area (TPSA) is 39.0 Å². The summed E-state index contributed by atoms with van der Waals surface area (Å²) in [4.78, 5) is 11.7. The van der Waals surface area contributed by atoms with Crippen molar-refractivity contribution in [1.82, 2.24) is 14.5 Å². The maximum Gasteiger partial charge on any atom is 0.329 e. The summed E-state index contributed by atoms with van der Waals surface area (Å²) in [6, 6.07) is 0. The Hall–Kier alpha value is -0.740. The Morgan fingerprint density at radius 3 is 2.33 bits per heavy atom. The zero-order valence-electron chi connectivity index (χ0n) is 9.09. The molecule has 0 spiro atoms. The second-order valence-electron chi connectivity index (χ2n) is 4.10. The fourth-order valence-corrected chi connectivity index (χ4v) is 2.61. The minimum Gasteiger partial charge on any atom is -0.317 e. The van der Waals surface area contributed by atoms with Crippen LogP contribution in [0, 0.1) is 0 Å². The molecule has 1 saturated heterocycles. The lowest BCUT2D eigenvalue weighted by molar-refractivity contribution is 0.444. The molecule has 1 N–H and O–H groups in total. The summed E-state index contributed by atoms with van der Waals surface area (Å²) in [5.41, 5.74) is 0.958. The third-order valence-corrected chi connectivity index (χ3v) is 3.61. The Labute approximate surface area is 93.8 Å². The van der Waals surface area contributed by atoms with Crippen molar-refractivity contribution >= 4 is 11.6 Å². The summed E-state index contributed by atoms with van der Waals surface area (Å²) < 4.78 is 3.19. The molecule has 0 unspecified atom stereocenters. The van der Waals surface area contributed by atoms with Crippen molar-refractivity contribution in [3.63, 3.8) is 0 Å². The van der Waals surface area contributed by atoms with E-state index in [1.165, 1.54) is 4.57 Å². The third kappa shape index (κ3) is 1.72. The molecule has 0 aromatic carbocycles. The number of nitrogens with zero attached hydrogens (tertiary/aromatic N) is 2. The molecular formula is C10H16ClN3O. The molecule has 2 heterocycles.